The van der Waals surface area contributed by atoms with E-state index < -0.39 is 5.91 Å². The number of carbonyl (C=O) groups is 2. The summed E-state index contributed by atoms with van der Waals surface area (Å²) in [6, 6.07) is 18.5. The van der Waals surface area contributed by atoms with E-state index in [1.807, 2.05) is 36.4 Å². The average molecular weight is 283 g/mol. The van der Waals surface area contributed by atoms with Gasteiger partial charge in [0, 0.05) is 20.5 Å². The molecule has 4 heteroatoms. The highest BCUT2D eigenvalue weighted by Gasteiger charge is 2.15. The van der Waals surface area contributed by atoms with Gasteiger partial charge in [-0.3, -0.25) is 9.59 Å². The molecule has 0 saturated heterocycles. The molecule has 2 rings (SSSR count). The van der Waals surface area contributed by atoms with Crippen LogP contribution in [-0.2, 0) is 16.1 Å². The minimum Gasteiger partial charge on any atom is -0.350 e. The first kappa shape index (κ1) is 13.4. The summed E-state index contributed by atoms with van der Waals surface area (Å²) in [6.45, 7) is -0.0627. The molecule has 4 nitrogen and oxygen atoms in total. The number of hydrogen-bond donors (Lipinski definition) is 1. The lowest BCUT2D eigenvalue weighted by Crippen LogP contribution is -2.39. The minimum atomic E-state index is -0.402. The molecule has 0 radical (unpaired) electrons. The van der Waals surface area contributed by atoms with Crippen LogP contribution in [0.1, 0.15) is 13.8 Å². The normalized spacial score (nSPS) is 10.6. The van der Waals surface area contributed by atoms with E-state index >= 15 is 0 Å². The van der Waals surface area contributed by atoms with E-state index in [0.29, 0.717) is 12.2 Å². The van der Waals surface area contributed by atoms with Crippen molar-refractivity contribution >= 4 is 17.5 Å². The van der Waals surface area contributed by atoms with Gasteiger partial charge < -0.3 is 10.2 Å². The van der Waals surface area contributed by atoms with Crippen molar-refractivity contribution < 1.29 is 11.0 Å². The number of benzene rings is 2. The van der Waals surface area contributed by atoms with E-state index in [0.717, 1.165) is 5.56 Å². The van der Waals surface area contributed by atoms with Crippen molar-refractivity contribution in [1.29, 1.82) is 0 Å². The molecular formula is C17H18N2O2. The van der Waals surface area contributed by atoms with Gasteiger partial charge in [0.15, 0.2) is 0 Å². The molecule has 0 aliphatic rings. The van der Waals surface area contributed by atoms with E-state index in [9.17, 15) is 9.59 Å². The highest BCUT2D eigenvalue weighted by molar-refractivity contribution is 5.97. The number of rotatable bonds is 5. The van der Waals surface area contributed by atoms with E-state index in [2.05, 4.69) is 5.32 Å². The van der Waals surface area contributed by atoms with Gasteiger partial charge >= 0.3 is 0 Å². The molecule has 0 unspecified atom stereocenters. The molecule has 21 heavy (non-hydrogen) atoms. The Morgan fingerprint density at radius 1 is 1.05 bits per heavy atom. The Labute approximate surface area is 125 Å². The summed E-state index contributed by atoms with van der Waals surface area (Å²) in [5.74, 6) is -0.657. The Balaban J connectivity index is 1.98. The van der Waals surface area contributed by atoms with Gasteiger partial charge in [0.1, 0.15) is 6.54 Å². The number of amides is 2. The summed E-state index contributed by atoms with van der Waals surface area (Å²) in [7, 11) is 0. The lowest BCUT2D eigenvalue weighted by atomic mass is 10.2. The lowest BCUT2D eigenvalue weighted by Gasteiger charge is -2.20. The fourth-order valence-corrected chi connectivity index (χ4v) is 1.93. The third kappa shape index (κ3) is 4.45. The maximum Gasteiger partial charge on any atom is 0.240 e. The van der Waals surface area contributed by atoms with Gasteiger partial charge in [0.05, 0.1) is 0 Å². The molecule has 0 fully saturated rings. The Bertz CT molecular complexity index is 617. The van der Waals surface area contributed by atoms with Crippen molar-refractivity contribution in [3.63, 3.8) is 0 Å². The van der Waals surface area contributed by atoms with Crippen molar-refractivity contribution in [3.8, 4) is 0 Å². The van der Waals surface area contributed by atoms with E-state index in [-0.39, 0.29) is 19.4 Å². The van der Waals surface area contributed by atoms with Crippen molar-refractivity contribution in [2.75, 3.05) is 11.4 Å². The van der Waals surface area contributed by atoms with Gasteiger partial charge in [-0.1, -0.05) is 48.5 Å². The molecule has 0 aromatic heterocycles. The lowest BCUT2D eigenvalue weighted by molar-refractivity contribution is -0.123. The van der Waals surface area contributed by atoms with Crippen LogP contribution in [0.25, 0.3) is 0 Å². The molecule has 0 heterocycles. The molecule has 0 saturated carbocycles. The molecule has 0 aliphatic heterocycles. The predicted octanol–water partition coefficient (Wildman–Crippen LogP) is 2.36. The number of para-hydroxylation sites is 1. The van der Waals surface area contributed by atoms with Crippen molar-refractivity contribution in [3.05, 3.63) is 66.2 Å². The number of carbonyl (C=O) groups excluding carboxylic acids is 2. The van der Waals surface area contributed by atoms with Gasteiger partial charge in [-0.25, -0.2) is 0 Å². The molecule has 0 aliphatic carbocycles. The third-order valence-corrected chi connectivity index (χ3v) is 3.00. The first-order chi connectivity index (χ1) is 10.7. The van der Waals surface area contributed by atoms with Crippen LogP contribution in [-0.4, -0.2) is 18.4 Å². The SMILES string of the molecule is [2H]CC(=O)N(CC(=O)NCc1ccccc1)c1ccccc1. The molecule has 2 aromatic rings. The second-order valence-electron chi connectivity index (χ2n) is 4.58. The fraction of sp³-hybridized carbons (Fsp3) is 0.176. The monoisotopic (exact) mass is 283 g/mol. The van der Waals surface area contributed by atoms with Crippen LogP contribution in [0, 0.1) is 0 Å². The number of nitrogens with one attached hydrogen (secondary N) is 1. The summed E-state index contributed by atoms with van der Waals surface area (Å²) in [4.78, 5) is 25.3. The van der Waals surface area contributed by atoms with Crippen LogP contribution in [0.5, 0.6) is 0 Å². The zero-order valence-corrected chi connectivity index (χ0v) is 11.7. The molecule has 0 atom stereocenters. The van der Waals surface area contributed by atoms with Crippen molar-refractivity contribution in [2.45, 2.75) is 13.4 Å². The van der Waals surface area contributed by atoms with E-state index in [4.69, 9.17) is 1.37 Å². The summed E-state index contributed by atoms with van der Waals surface area (Å²) in [6.07, 6.45) is 0. The maximum atomic E-state index is 12.1. The highest BCUT2D eigenvalue weighted by atomic mass is 16.2. The predicted molar refractivity (Wildman–Crippen MR) is 82.8 cm³/mol. The summed E-state index contributed by atoms with van der Waals surface area (Å²) >= 11 is 0. The maximum absolute atomic E-state index is 12.1. The van der Waals surface area contributed by atoms with Gasteiger partial charge in [-0.15, -0.1) is 0 Å². The standard InChI is InChI=1S/C17H18N2O2/c1-14(20)19(16-10-6-3-7-11-16)13-17(21)18-12-15-8-4-2-5-9-15/h2-11H,12-13H2,1H3,(H,18,21)/i1D. The molecule has 1 N–H and O–H groups in total. The van der Waals surface area contributed by atoms with Gasteiger partial charge in [0.25, 0.3) is 0 Å². The van der Waals surface area contributed by atoms with Gasteiger partial charge in [-0.05, 0) is 17.7 Å². The van der Waals surface area contributed by atoms with Crippen LogP contribution in [0.15, 0.2) is 60.7 Å². The average Bonchev–Trinajstić information content (AvgIpc) is 2.59. The van der Waals surface area contributed by atoms with Crippen LogP contribution in [0.3, 0.4) is 0 Å². The molecule has 2 amide bonds. The molecule has 108 valence electrons. The van der Waals surface area contributed by atoms with Gasteiger partial charge in [-0.2, -0.15) is 0 Å². The third-order valence-electron chi connectivity index (χ3n) is 3.00. The van der Waals surface area contributed by atoms with Crippen molar-refractivity contribution in [2.24, 2.45) is 0 Å². The molecule has 0 spiro atoms. The number of nitrogens with zero attached hydrogens (tertiary/aromatic N) is 1. The Morgan fingerprint density at radius 2 is 1.67 bits per heavy atom. The van der Waals surface area contributed by atoms with Crippen LogP contribution in [0.2, 0.25) is 0 Å². The first-order valence-electron chi connectivity index (χ1n) is 7.36. The Morgan fingerprint density at radius 3 is 2.29 bits per heavy atom. The fourth-order valence-electron chi connectivity index (χ4n) is 1.93. The van der Waals surface area contributed by atoms with Gasteiger partial charge in [0.2, 0.25) is 11.8 Å². The Hall–Kier alpha value is -2.62. The summed E-state index contributed by atoms with van der Waals surface area (Å²) in [5, 5.41) is 2.78. The van der Waals surface area contributed by atoms with Crippen LogP contribution >= 0.6 is 0 Å². The van der Waals surface area contributed by atoms with Crippen LogP contribution < -0.4 is 10.2 Å². The van der Waals surface area contributed by atoms with Crippen LogP contribution in [0.4, 0.5) is 5.69 Å². The zero-order valence-electron chi connectivity index (χ0n) is 12.7. The zero-order chi connectivity index (χ0) is 15.8. The largest absolute Gasteiger partial charge is 0.350 e. The number of hydrogen-bond acceptors (Lipinski definition) is 2. The molecular weight excluding hydrogens is 264 g/mol. The molecule has 0 bridgehead atoms. The first-order valence-corrected chi connectivity index (χ1v) is 6.66. The van der Waals surface area contributed by atoms with E-state index in [1.54, 1.807) is 24.3 Å². The highest BCUT2D eigenvalue weighted by Crippen LogP contribution is 2.12. The smallest absolute Gasteiger partial charge is 0.240 e. The summed E-state index contributed by atoms with van der Waals surface area (Å²) in [5.41, 5.74) is 1.61. The second kappa shape index (κ2) is 7.24. The Kier molecular flexibility index (Phi) is 4.61. The second-order valence-corrected chi connectivity index (χ2v) is 4.58. The molecule has 2 aromatic carbocycles. The number of anilines is 1. The van der Waals surface area contributed by atoms with E-state index in [1.165, 1.54) is 4.90 Å². The van der Waals surface area contributed by atoms with Crippen molar-refractivity contribution in [1.82, 2.24) is 5.32 Å². The quantitative estimate of drug-likeness (QED) is 0.915. The minimum absolute atomic E-state index is 0.0887. The topological polar surface area (TPSA) is 49.4 Å². The summed E-state index contributed by atoms with van der Waals surface area (Å²) < 4.78 is 7.25.